The molecular formula is C14H17BrN2O2S2. The Morgan fingerprint density at radius 1 is 1.48 bits per heavy atom. The van der Waals surface area contributed by atoms with Crippen LogP contribution in [0.25, 0.3) is 0 Å². The predicted octanol–water partition coefficient (Wildman–Crippen LogP) is 4.42. The molecule has 0 aliphatic rings. The number of esters is 1. The van der Waals surface area contributed by atoms with Crippen LogP contribution in [0.5, 0.6) is 0 Å². The van der Waals surface area contributed by atoms with Gasteiger partial charge in [0.25, 0.3) is 0 Å². The lowest BCUT2D eigenvalue weighted by Crippen LogP contribution is -2.31. The number of carbonyl (C=O) groups excluding carboxylic acids is 1. The monoisotopic (exact) mass is 388 g/mol. The third-order valence-corrected chi connectivity index (χ3v) is 5.40. The molecule has 0 aliphatic carbocycles. The molecule has 21 heavy (non-hydrogen) atoms. The number of nitrogens with one attached hydrogen (secondary N) is 1. The molecule has 0 aromatic carbocycles. The van der Waals surface area contributed by atoms with Crippen molar-refractivity contribution in [3.8, 4) is 0 Å². The van der Waals surface area contributed by atoms with Crippen molar-refractivity contribution in [2.24, 2.45) is 0 Å². The second-order valence-corrected chi connectivity index (χ2v) is 8.35. The number of ether oxygens (including phenoxy) is 1. The van der Waals surface area contributed by atoms with Crippen molar-refractivity contribution in [3.63, 3.8) is 0 Å². The molecule has 4 nitrogen and oxygen atoms in total. The highest BCUT2D eigenvalue weighted by Gasteiger charge is 2.33. The van der Waals surface area contributed by atoms with E-state index in [0.717, 1.165) is 21.2 Å². The van der Waals surface area contributed by atoms with Crippen LogP contribution in [0.15, 0.2) is 21.3 Å². The summed E-state index contributed by atoms with van der Waals surface area (Å²) >= 11 is 6.63. The summed E-state index contributed by atoms with van der Waals surface area (Å²) in [5, 5.41) is 6.00. The van der Waals surface area contributed by atoms with Gasteiger partial charge in [0, 0.05) is 10.3 Å². The van der Waals surface area contributed by atoms with Crippen LogP contribution < -0.4 is 5.32 Å². The molecule has 0 amide bonds. The van der Waals surface area contributed by atoms with Crippen molar-refractivity contribution >= 4 is 49.7 Å². The first-order chi connectivity index (χ1) is 9.93. The Labute approximate surface area is 140 Å². The van der Waals surface area contributed by atoms with Crippen molar-refractivity contribution in [3.05, 3.63) is 31.9 Å². The number of nitrogens with zero attached hydrogens (tertiary/aromatic N) is 1. The summed E-state index contributed by atoms with van der Waals surface area (Å²) in [6, 6.07) is 4.09. The average molecular weight is 389 g/mol. The summed E-state index contributed by atoms with van der Waals surface area (Å²) in [5.41, 5.74) is 0.0131. The van der Waals surface area contributed by atoms with E-state index in [1.54, 1.807) is 18.3 Å². The highest BCUT2D eigenvalue weighted by molar-refractivity contribution is 9.11. The van der Waals surface area contributed by atoms with Crippen LogP contribution in [0.1, 0.15) is 31.3 Å². The van der Waals surface area contributed by atoms with Gasteiger partial charge in [0.05, 0.1) is 22.6 Å². The molecule has 0 saturated heterocycles. The molecular weight excluding hydrogens is 372 g/mol. The van der Waals surface area contributed by atoms with Crippen LogP contribution in [0, 0.1) is 0 Å². The van der Waals surface area contributed by atoms with Gasteiger partial charge in [-0.25, -0.2) is 4.98 Å². The Hall–Kier alpha value is -0.920. The van der Waals surface area contributed by atoms with Gasteiger partial charge in [-0.2, -0.15) is 0 Å². The van der Waals surface area contributed by atoms with Gasteiger partial charge in [0.2, 0.25) is 0 Å². The number of thiophene rings is 1. The zero-order valence-corrected chi connectivity index (χ0v) is 15.3. The van der Waals surface area contributed by atoms with Gasteiger partial charge in [0.15, 0.2) is 5.13 Å². The molecule has 2 heterocycles. The molecule has 0 aliphatic heterocycles. The molecule has 114 valence electrons. The summed E-state index contributed by atoms with van der Waals surface area (Å²) in [6.45, 7) is 6.58. The number of rotatable bonds is 6. The number of hydrogen-bond acceptors (Lipinski definition) is 6. The Kier molecular flexibility index (Phi) is 5.40. The number of hydrogen-bond donors (Lipinski definition) is 1. The first-order valence-corrected chi connectivity index (χ1v) is 9.03. The molecule has 0 unspecified atom stereocenters. The molecule has 0 spiro atoms. The molecule has 7 heteroatoms. The van der Waals surface area contributed by atoms with E-state index in [1.165, 1.54) is 16.2 Å². The Morgan fingerprint density at radius 2 is 2.24 bits per heavy atom. The minimum Gasteiger partial charge on any atom is -0.465 e. The maximum atomic E-state index is 12.0. The molecule has 0 fully saturated rings. The van der Waals surface area contributed by atoms with E-state index in [-0.39, 0.29) is 5.97 Å². The van der Waals surface area contributed by atoms with Crippen LogP contribution in [-0.2, 0) is 21.5 Å². The van der Waals surface area contributed by atoms with Crippen LogP contribution >= 0.6 is 38.6 Å². The maximum Gasteiger partial charge on any atom is 0.317 e. The number of carbonyl (C=O) groups is 1. The minimum atomic E-state index is -0.724. The summed E-state index contributed by atoms with van der Waals surface area (Å²) in [6.07, 6.45) is 0. The predicted molar refractivity (Wildman–Crippen MR) is 91.1 cm³/mol. The van der Waals surface area contributed by atoms with Crippen molar-refractivity contribution in [2.75, 3.05) is 11.9 Å². The van der Waals surface area contributed by atoms with Crippen molar-refractivity contribution in [1.29, 1.82) is 0 Å². The topological polar surface area (TPSA) is 51.2 Å². The van der Waals surface area contributed by atoms with Crippen LogP contribution in [0.2, 0.25) is 0 Å². The summed E-state index contributed by atoms with van der Waals surface area (Å²) in [5.74, 6) is -0.246. The van der Waals surface area contributed by atoms with E-state index in [0.29, 0.717) is 6.61 Å². The highest BCUT2D eigenvalue weighted by atomic mass is 79.9. The second kappa shape index (κ2) is 6.89. The highest BCUT2D eigenvalue weighted by Crippen LogP contribution is 2.29. The van der Waals surface area contributed by atoms with Gasteiger partial charge in [-0.05, 0) is 48.8 Å². The fraction of sp³-hybridized carbons (Fsp3) is 0.429. The third-order valence-electron chi connectivity index (χ3n) is 2.97. The van der Waals surface area contributed by atoms with E-state index in [1.807, 2.05) is 25.3 Å². The Balaban J connectivity index is 2.02. The zero-order chi connectivity index (χ0) is 15.5. The van der Waals surface area contributed by atoms with Crippen molar-refractivity contribution in [2.45, 2.75) is 32.7 Å². The molecule has 0 atom stereocenters. The average Bonchev–Trinajstić information content (AvgIpc) is 3.05. The third kappa shape index (κ3) is 4.05. The normalized spacial score (nSPS) is 11.4. The fourth-order valence-corrected chi connectivity index (χ4v) is 3.97. The van der Waals surface area contributed by atoms with E-state index < -0.39 is 5.41 Å². The van der Waals surface area contributed by atoms with Gasteiger partial charge >= 0.3 is 5.97 Å². The first-order valence-electron chi connectivity index (χ1n) is 6.54. The fourth-order valence-electron chi connectivity index (χ4n) is 1.67. The minimum absolute atomic E-state index is 0.246. The number of thiazole rings is 1. The van der Waals surface area contributed by atoms with Crippen LogP contribution in [0.4, 0.5) is 5.13 Å². The van der Waals surface area contributed by atoms with Crippen LogP contribution in [-0.4, -0.2) is 17.6 Å². The zero-order valence-electron chi connectivity index (χ0n) is 12.1. The number of anilines is 1. The van der Waals surface area contributed by atoms with E-state index in [2.05, 4.69) is 32.3 Å². The molecule has 1 N–H and O–H groups in total. The maximum absolute atomic E-state index is 12.0. The lowest BCUT2D eigenvalue weighted by atomic mass is 9.90. The number of aromatic nitrogens is 1. The van der Waals surface area contributed by atoms with Crippen LogP contribution in [0.3, 0.4) is 0 Å². The molecule has 2 aromatic rings. The molecule has 2 aromatic heterocycles. The van der Waals surface area contributed by atoms with Gasteiger partial charge in [0.1, 0.15) is 5.41 Å². The molecule has 2 rings (SSSR count). The molecule has 0 saturated carbocycles. The summed E-state index contributed by atoms with van der Waals surface area (Å²) in [4.78, 5) is 17.7. The van der Waals surface area contributed by atoms with E-state index >= 15 is 0 Å². The SMILES string of the molecule is CCOC(=O)C(C)(C)c1csc(NCc2ccc(Br)s2)n1. The standard InChI is InChI=1S/C14H17BrN2O2S2/c1-4-19-12(18)14(2,3)10-8-20-13(17-10)16-7-9-5-6-11(15)21-9/h5-6,8H,4,7H2,1-3H3,(H,16,17). The van der Waals surface area contributed by atoms with E-state index in [4.69, 9.17) is 4.74 Å². The summed E-state index contributed by atoms with van der Waals surface area (Å²) in [7, 11) is 0. The Morgan fingerprint density at radius 3 is 2.86 bits per heavy atom. The molecule has 0 bridgehead atoms. The number of halogens is 1. The Bertz CT molecular complexity index is 622. The van der Waals surface area contributed by atoms with Gasteiger partial charge < -0.3 is 10.1 Å². The lowest BCUT2D eigenvalue weighted by molar-refractivity contribution is -0.148. The second-order valence-electron chi connectivity index (χ2n) is 4.94. The molecule has 0 radical (unpaired) electrons. The van der Waals surface area contributed by atoms with E-state index in [9.17, 15) is 4.79 Å². The van der Waals surface area contributed by atoms with Gasteiger partial charge in [-0.15, -0.1) is 22.7 Å². The lowest BCUT2D eigenvalue weighted by Gasteiger charge is -2.19. The van der Waals surface area contributed by atoms with Gasteiger partial charge in [-0.3, -0.25) is 4.79 Å². The first kappa shape index (κ1) is 16.5. The smallest absolute Gasteiger partial charge is 0.317 e. The quantitative estimate of drug-likeness (QED) is 0.744. The van der Waals surface area contributed by atoms with Gasteiger partial charge in [-0.1, -0.05) is 0 Å². The van der Waals surface area contributed by atoms with Crippen molar-refractivity contribution < 1.29 is 9.53 Å². The largest absolute Gasteiger partial charge is 0.465 e. The van der Waals surface area contributed by atoms with Crippen molar-refractivity contribution in [1.82, 2.24) is 4.98 Å². The summed E-state index contributed by atoms with van der Waals surface area (Å²) < 4.78 is 6.22.